The van der Waals surface area contributed by atoms with Crippen LogP contribution in [0.3, 0.4) is 0 Å². The van der Waals surface area contributed by atoms with Crippen LogP contribution in [0.2, 0.25) is 0 Å². The summed E-state index contributed by atoms with van der Waals surface area (Å²) >= 11 is 0. The number of nitrogens with one attached hydrogen (secondary N) is 1. The highest BCUT2D eigenvalue weighted by molar-refractivity contribution is 5.96. The van der Waals surface area contributed by atoms with E-state index in [1.807, 2.05) is 6.07 Å². The number of likely N-dealkylation sites (N-methyl/N-ethyl adjacent to an activating group) is 1. The van der Waals surface area contributed by atoms with Gasteiger partial charge in [-0.15, -0.1) is 0 Å². The van der Waals surface area contributed by atoms with Crippen molar-refractivity contribution in [3.8, 4) is 5.75 Å². The third-order valence-electron chi connectivity index (χ3n) is 4.12. The maximum absolute atomic E-state index is 13.9. The number of benzene rings is 2. The molecule has 1 aliphatic rings. The third-order valence-corrected chi connectivity index (χ3v) is 4.12. The normalized spacial score (nSPS) is 20.4. The number of halogens is 1. The van der Waals surface area contributed by atoms with E-state index in [2.05, 4.69) is 5.32 Å². The zero-order valence-corrected chi connectivity index (χ0v) is 13.5. The molecule has 130 valence electrons. The Kier molecular flexibility index (Phi) is 4.67. The second kappa shape index (κ2) is 6.90. The largest absolute Gasteiger partial charge is 0.505 e. The van der Waals surface area contributed by atoms with Gasteiger partial charge in [0.05, 0.1) is 11.7 Å². The number of phenols is 1. The number of hydrogen-bond donors (Lipinski definition) is 2. The number of anilines is 1. The van der Waals surface area contributed by atoms with Crippen LogP contribution in [-0.4, -0.2) is 41.6 Å². The molecule has 2 atom stereocenters. The maximum atomic E-state index is 13.9. The lowest BCUT2D eigenvalue weighted by molar-refractivity contribution is -0.160. The van der Waals surface area contributed by atoms with Crippen LogP contribution in [0, 0.1) is 5.82 Å². The van der Waals surface area contributed by atoms with E-state index in [0.29, 0.717) is 0 Å². The smallest absolute Gasteiger partial charge is 0.256 e. The molecule has 0 aromatic heterocycles. The second-order valence-electron chi connectivity index (χ2n) is 5.72. The molecule has 0 bridgehead atoms. The van der Waals surface area contributed by atoms with Crippen molar-refractivity contribution in [2.24, 2.45) is 0 Å². The fourth-order valence-electron chi connectivity index (χ4n) is 2.80. The molecule has 2 aromatic carbocycles. The summed E-state index contributed by atoms with van der Waals surface area (Å²) in [6.07, 6.45) is -1.01. The van der Waals surface area contributed by atoms with Gasteiger partial charge in [0.2, 0.25) is 5.91 Å². The van der Waals surface area contributed by atoms with E-state index in [0.717, 1.165) is 5.56 Å². The van der Waals surface area contributed by atoms with Gasteiger partial charge in [0, 0.05) is 7.05 Å². The van der Waals surface area contributed by atoms with E-state index in [1.165, 1.54) is 23.1 Å². The zero-order valence-electron chi connectivity index (χ0n) is 13.5. The fourth-order valence-corrected chi connectivity index (χ4v) is 2.80. The molecule has 2 N–H and O–H groups in total. The maximum Gasteiger partial charge on any atom is 0.256 e. The minimum absolute atomic E-state index is 0.153. The Labute approximate surface area is 143 Å². The molecule has 3 rings (SSSR count). The van der Waals surface area contributed by atoms with Crippen molar-refractivity contribution in [3.05, 3.63) is 59.9 Å². The van der Waals surface area contributed by atoms with Gasteiger partial charge in [-0.1, -0.05) is 36.4 Å². The summed E-state index contributed by atoms with van der Waals surface area (Å²) in [5.41, 5.74) is 0.578. The van der Waals surface area contributed by atoms with Crippen LogP contribution in [0.25, 0.3) is 0 Å². The van der Waals surface area contributed by atoms with Crippen LogP contribution in [0.15, 0.2) is 48.5 Å². The Morgan fingerprint density at radius 2 is 1.96 bits per heavy atom. The van der Waals surface area contributed by atoms with Crippen molar-refractivity contribution in [3.63, 3.8) is 0 Å². The quantitative estimate of drug-likeness (QED) is 0.893. The molecule has 1 heterocycles. The molecule has 6 nitrogen and oxygen atoms in total. The molecule has 25 heavy (non-hydrogen) atoms. The molecule has 1 fully saturated rings. The topological polar surface area (TPSA) is 78.9 Å². The number of phenolic OH excluding ortho intramolecular Hbond substituents is 1. The van der Waals surface area contributed by atoms with E-state index < -0.39 is 29.6 Å². The summed E-state index contributed by atoms with van der Waals surface area (Å²) < 4.78 is 19.4. The van der Waals surface area contributed by atoms with Gasteiger partial charge in [-0.3, -0.25) is 9.59 Å². The summed E-state index contributed by atoms with van der Waals surface area (Å²) in [7, 11) is 1.59. The van der Waals surface area contributed by atoms with Crippen molar-refractivity contribution >= 4 is 17.5 Å². The van der Waals surface area contributed by atoms with Crippen LogP contribution in [0.1, 0.15) is 11.6 Å². The fraction of sp³-hybridized carbons (Fsp3) is 0.222. The first kappa shape index (κ1) is 16.9. The van der Waals surface area contributed by atoms with Gasteiger partial charge in [-0.25, -0.2) is 4.39 Å². The van der Waals surface area contributed by atoms with Crippen molar-refractivity contribution in [2.45, 2.75) is 12.1 Å². The van der Waals surface area contributed by atoms with Crippen molar-refractivity contribution in [1.29, 1.82) is 0 Å². The van der Waals surface area contributed by atoms with Gasteiger partial charge in [-0.05, 0) is 17.7 Å². The van der Waals surface area contributed by atoms with E-state index in [-0.39, 0.29) is 18.2 Å². The highest BCUT2D eigenvalue weighted by Gasteiger charge is 2.40. The van der Waals surface area contributed by atoms with Gasteiger partial charge >= 0.3 is 0 Å². The predicted octanol–water partition coefficient (Wildman–Crippen LogP) is 2.07. The van der Waals surface area contributed by atoms with Gasteiger partial charge in [0.15, 0.2) is 17.7 Å². The van der Waals surface area contributed by atoms with Crippen molar-refractivity contribution < 1.29 is 23.8 Å². The highest BCUT2D eigenvalue weighted by atomic mass is 19.1. The molecule has 0 spiro atoms. The van der Waals surface area contributed by atoms with Crippen LogP contribution in [0.5, 0.6) is 5.75 Å². The number of amides is 2. The molecule has 0 saturated carbocycles. The van der Waals surface area contributed by atoms with Gasteiger partial charge in [0.25, 0.3) is 5.91 Å². The van der Waals surface area contributed by atoms with Crippen LogP contribution in [-0.2, 0) is 14.3 Å². The molecule has 1 aliphatic heterocycles. The number of morpholine rings is 1. The molecule has 0 unspecified atom stereocenters. The Balaban J connectivity index is 1.89. The molecule has 2 aromatic rings. The second-order valence-corrected chi connectivity index (χ2v) is 5.72. The molecule has 1 saturated heterocycles. The summed E-state index contributed by atoms with van der Waals surface area (Å²) in [4.78, 5) is 26.1. The SMILES string of the molecule is CN1C(=O)CO[C@@H](C(=O)Nc2cccc(O)c2F)[C@H]1c1ccccc1. The van der Waals surface area contributed by atoms with E-state index in [1.54, 1.807) is 31.3 Å². The molecule has 7 heteroatoms. The molecular formula is C18H17FN2O4. The summed E-state index contributed by atoms with van der Waals surface area (Å²) in [5, 5.41) is 11.8. The van der Waals surface area contributed by atoms with E-state index in [4.69, 9.17) is 4.74 Å². The van der Waals surface area contributed by atoms with Crippen molar-refractivity contribution in [2.75, 3.05) is 19.0 Å². The van der Waals surface area contributed by atoms with E-state index >= 15 is 0 Å². The molecule has 0 radical (unpaired) electrons. The average molecular weight is 344 g/mol. The summed E-state index contributed by atoms with van der Waals surface area (Å²) in [5.74, 6) is -2.33. The number of hydrogen-bond acceptors (Lipinski definition) is 4. The monoisotopic (exact) mass is 344 g/mol. The number of nitrogens with zero attached hydrogens (tertiary/aromatic N) is 1. The Hall–Kier alpha value is -2.93. The lowest BCUT2D eigenvalue weighted by atomic mass is 9.97. The third kappa shape index (κ3) is 3.32. The molecule has 0 aliphatic carbocycles. The van der Waals surface area contributed by atoms with Crippen LogP contribution in [0.4, 0.5) is 10.1 Å². The number of aromatic hydroxyl groups is 1. The van der Waals surface area contributed by atoms with Crippen LogP contribution < -0.4 is 5.32 Å². The average Bonchev–Trinajstić information content (AvgIpc) is 2.61. The van der Waals surface area contributed by atoms with Gasteiger partial charge in [0.1, 0.15) is 6.61 Å². The number of carbonyl (C=O) groups is 2. The number of rotatable bonds is 3. The standard InChI is InChI=1S/C18H17FN2O4/c1-21-14(23)10-25-17(16(21)11-6-3-2-4-7-11)18(24)20-12-8-5-9-13(22)15(12)19/h2-9,16-17,22H,10H2,1H3,(H,20,24)/t16-,17-/m1/s1. The Morgan fingerprint density at radius 1 is 1.24 bits per heavy atom. The minimum Gasteiger partial charge on any atom is -0.505 e. The first-order valence-electron chi connectivity index (χ1n) is 7.69. The Morgan fingerprint density at radius 3 is 2.68 bits per heavy atom. The number of ether oxygens (including phenoxy) is 1. The summed E-state index contributed by atoms with van der Waals surface area (Å²) in [6.45, 7) is -0.236. The predicted molar refractivity (Wildman–Crippen MR) is 88.4 cm³/mol. The highest BCUT2D eigenvalue weighted by Crippen LogP contribution is 2.30. The van der Waals surface area contributed by atoms with Crippen molar-refractivity contribution in [1.82, 2.24) is 4.90 Å². The summed E-state index contributed by atoms with van der Waals surface area (Å²) in [6, 6.07) is 12.3. The minimum atomic E-state index is -1.01. The molecular weight excluding hydrogens is 327 g/mol. The first-order valence-corrected chi connectivity index (χ1v) is 7.69. The Bertz CT molecular complexity index is 797. The molecule has 2 amide bonds. The van der Waals surface area contributed by atoms with Gasteiger partial charge < -0.3 is 20.1 Å². The first-order chi connectivity index (χ1) is 12.0. The lowest BCUT2D eigenvalue weighted by Crippen LogP contribution is -2.51. The van der Waals surface area contributed by atoms with Gasteiger partial charge in [-0.2, -0.15) is 0 Å². The van der Waals surface area contributed by atoms with Crippen LogP contribution >= 0.6 is 0 Å². The zero-order chi connectivity index (χ0) is 18.0. The lowest BCUT2D eigenvalue weighted by Gasteiger charge is -2.38. The van der Waals surface area contributed by atoms with E-state index in [9.17, 15) is 19.1 Å². The number of carbonyl (C=O) groups excluding carboxylic acids is 2.